The van der Waals surface area contributed by atoms with E-state index in [-0.39, 0.29) is 0 Å². The van der Waals surface area contributed by atoms with E-state index in [1.165, 1.54) is 21.9 Å². The SMILES string of the molecule is c1ccc(-c2ccc(N(c3cc(N(c4ccc(-c5ccccc5)cc4)c4ccc5oc6ccccc6c5c4)cc(-n4c5ccccc5c5ccccc54)c3)c3ccc4oc5ccccc5c4c3)cc2)cc1. The molecule has 11 aromatic carbocycles. The Morgan fingerprint density at radius 2 is 0.592 bits per heavy atom. The topological polar surface area (TPSA) is 37.7 Å². The van der Waals surface area contributed by atoms with Gasteiger partial charge in [0.1, 0.15) is 22.3 Å². The van der Waals surface area contributed by atoms with Gasteiger partial charge in [-0.25, -0.2) is 0 Å². The Hall–Kier alpha value is -9.58. The van der Waals surface area contributed by atoms with Crippen LogP contribution in [0.4, 0.5) is 34.1 Å². The largest absolute Gasteiger partial charge is 0.456 e. The molecule has 14 aromatic rings. The Bertz CT molecular complexity index is 4010. The van der Waals surface area contributed by atoms with E-state index in [0.717, 1.165) is 106 Å². The van der Waals surface area contributed by atoms with Crippen LogP contribution in [0.3, 0.4) is 0 Å². The van der Waals surface area contributed by atoms with Crippen molar-refractivity contribution in [2.75, 3.05) is 9.80 Å². The van der Waals surface area contributed by atoms with Gasteiger partial charge in [0.15, 0.2) is 0 Å². The molecule has 0 saturated carbocycles. The van der Waals surface area contributed by atoms with Gasteiger partial charge < -0.3 is 23.2 Å². The predicted octanol–water partition coefficient (Wildman–Crippen LogP) is 18.9. The normalized spacial score (nSPS) is 11.7. The quantitative estimate of drug-likeness (QED) is 0.145. The van der Waals surface area contributed by atoms with Crippen molar-refractivity contribution in [1.29, 1.82) is 0 Å². The van der Waals surface area contributed by atoms with Crippen LogP contribution in [0.25, 0.3) is 93.6 Å². The van der Waals surface area contributed by atoms with Crippen LogP contribution in [-0.2, 0) is 0 Å². The second-order valence-electron chi connectivity index (χ2n) is 18.1. The van der Waals surface area contributed by atoms with E-state index < -0.39 is 0 Å². The van der Waals surface area contributed by atoms with Crippen LogP contribution >= 0.6 is 0 Å². The number of para-hydroxylation sites is 4. The lowest BCUT2D eigenvalue weighted by molar-refractivity contribution is 0.668. The Morgan fingerprint density at radius 3 is 1.04 bits per heavy atom. The lowest BCUT2D eigenvalue weighted by Gasteiger charge is -2.31. The Morgan fingerprint density at radius 1 is 0.239 bits per heavy atom. The number of anilines is 6. The third-order valence-corrected chi connectivity index (χ3v) is 13.9. The summed E-state index contributed by atoms with van der Waals surface area (Å²) in [5.41, 5.74) is 17.4. The summed E-state index contributed by atoms with van der Waals surface area (Å²) in [7, 11) is 0. The molecule has 0 radical (unpaired) electrons. The van der Waals surface area contributed by atoms with Crippen molar-refractivity contribution >= 4 is 99.8 Å². The zero-order chi connectivity index (χ0) is 46.8. The number of aromatic nitrogens is 1. The van der Waals surface area contributed by atoms with Gasteiger partial charge >= 0.3 is 0 Å². The molecule has 0 N–H and O–H groups in total. The summed E-state index contributed by atoms with van der Waals surface area (Å²) < 4.78 is 15.3. The molecule has 0 atom stereocenters. The van der Waals surface area contributed by atoms with Crippen LogP contribution in [-0.4, -0.2) is 4.57 Å². The van der Waals surface area contributed by atoms with Crippen LogP contribution in [0.1, 0.15) is 0 Å². The minimum absolute atomic E-state index is 0.848. The fourth-order valence-electron chi connectivity index (χ4n) is 10.6. The minimum atomic E-state index is 0.848. The highest BCUT2D eigenvalue weighted by atomic mass is 16.3. The highest BCUT2D eigenvalue weighted by Gasteiger charge is 2.23. The smallest absolute Gasteiger partial charge is 0.135 e. The highest BCUT2D eigenvalue weighted by molar-refractivity contribution is 6.10. The predicted molar refractivity (Wildman–Crippen MR) is 296 cm³/mol. The van der Waals surface area contributed by atoms with E-state index in [1.54, 1.807) is 0 Å². The second-order valence-corrected chi connectivity index (χ2v) is 18.1. The fourth-order valence-corrected chi connectivity index (χ4v) is 10.6. The number of nitrogens with zero attached hydrogens (tertiary/aromatic N) is 3. The molecule has 5 heteroatoms. The molecule has 14 rings (SSSR count). The van der Waals surface area contributed by atoms with Crippen LogP contribution < -0.4 is 9.80 Å². The maximum absolute atomic E-state index is 6.41. The summed E-state index contributed by atoms with van der Waals surface area (Å²) in [6, 6.07) is 93.2. The molecule has 0 fully saturated rings. The van der Waals surface area contributed by atoms with Crippen molar-refractivity contribution in [2.45, 2.75) is 0 Å². The average molecular weight is 910 g/mol. The summed E-state index contributed by atoms with van der Waals surface area (Å²) in [5.74, 6) is 0. The zero-order valence-electron chi connectivity index (χ0n) is 38.5. The van der Waals surface area contributed by atoms with Crippen molar-refractivity contribution in [3.05, 3.63) is 261 Å². The number of hydrogen-bond donors (Lipinski definition) is 0. The van der Waals surface area contributed by atoms with Crippen LogP contribution in [0, 0.1) is 0 Å². The van der Waals surface area contributed by atoms with Gasteiger partial charge in [-0.1, -0.05) is 158 Å². The van der Waals surface area contributed by atoms with Gasteiger partial charge in [0.2, 0.25) is 0 Å². The van der Waals surface area contributed by atoms with Crippen molar-refractivity contribution in [3.8, 4) is 27.9 Å². The maximum atomic E-state index is 6.41. The number of benzene rings is 11. The fraction of sp³-hybridized carbons (Fsp3) is 0. The van der Waals surface area contributed by atoms with E-state index in [4.69, 9.17) is 8.83 Å². The highest BCUT2D eigenvalue weighted by Crippen LogP contribution is 2.46. The summed E-state index contributed by atoms with van der Waals surface area (Å²) in [6.45, 7) is 0. The molecule has 5 nitrogen and oxygen atoms in total. The van der Waals surface area contributed by atoms with Gasteiger partial charge in [-0.15, -0.1) is 0 Å². The molecule has 0 aliphatic carbocycles. The molecule has 0 aliphatic heterocycles. The van der Waals surface area contributed by atoms with Gasteiger partial charge in [0, 0.05) is 55.1 Å². The number of rotatable bonds is 9. The van der Waals surface area contributed by atoms with Crippen molar-refractivity contribution in [2.24, 2.45) is 0 Å². The van der Waals surface area contributed by atoms with E-state index in [0.29, 0.717) is 0 Å². The van der Waals surface area contributed by atoms with E-state index >= 15 is 0 Å². The van der Waals surface area contributed by atoms with Gasteiger partial charge in [-0.05, 0) is 125 Å². The molecular weight excluding hydrogens is 867 g/mol. The van der Waals surface area contributed by atoms with Crippen molar-refractivity contribution in [3.63, 3.8) is 0 Å². The summed E-state index contributed by atoms with van der Waals surface area (Å²) in [5, 5.41) is 6.68. The number of hydrogen-bond acceptors (Lipinski definition) is 4. The molecule has 3 aromatic heterocycles. The van der Waals surface area contributed by atoms with E-state index in [1.807, 2.05) is 24.3 Å². The van der Waals surface area contributed by atoms with Crippen LogP contribution in [0.15, 0.2) is 270 Å². The summed E-state index contributed by atoms with van der Waals surface area (Å²) >= 11 is 0. The third-order valence-electron chi connectivity index (χ3n) is 13.9. The van der Waals surface area contributed by atoms with Crippen molar-refractivity contribution in [1.82, 2.24) is 4.57 Å². The lowest BCUT2D eigenvalue weighted by Crippen LogP contribution is -2.14. The van der Waals surface area contributed by atoms with Gasteiger partial charge in [0.05, 0.1) is 28.1 Å². The molecule has 0 saturated heterocycles. The average Bonchev–Trinajstić information content (AvgIpc) is 4.12. The molecule has 334 valence electrons. The van der Waals surface area contributed by atoms with Crippen LogP contribution in [0.2, 0.25) is 0 Å². The molecule has 0 unspecified atom stereocenters. The number of fused-ring (bicyclic) bond motifs is 9. The van der Waals surface area contributed by atoms with Gasteiger partial charge in [0.25, 0.3) is 0 Å². The molecule has 0 amide bonds. The molecule has 0 aliphatic rings. The molecule has 71 heavy (non-hydrogen) atoms. The molecule has 3 heterocycles. The molecular formula is C66H43N3O2. The van der Waals surface area contributed by atoms with E-state index in [2.05, 4.69) is 251 Å². The first-order chi connectivity index (χ1) is 35.2. The zero-order valence-corrected chi connectivity index (χ0v) is 38.5. The maximum Gasteiger partial charge on any atom is 0.135 e. The monoisotopic (exact) mass is 909 g/mol. The van der Waals surface area contributed by atoms with Crippen molar-refractivity contribution < 1.29 is 8.83 Å². The Balaban J connectivity index is 1.05. The Kier molecular flexibility index (Phi) is 9.46. The van der Waals surface area contributed by atoms with Gasteiger partial charge in [-0.3, -0.25) is 0 Å². The Labute approximate surface area is 409 Å². The first kappa shape index (κ1) is 40.5. The lowest BCUT2D eigenvalue weighted by atomic mass is 10.0. The molecule has 0 bridgehead atoms. The summed E-state index contributed by atoms with van der Waals surface area (Å²) in [4.78, 5) is 4.78. The second kappa shape index (κ2) is 16.6. The minimum Gasteiger partial charge on any atom is -0.456 e. The third kappa shape index (κ3) is 6.94. The standard InChI is InChI=1S/C66H43N3O2/c1-3-15-44(16-4-1)46-27-31-48(32-28-46)67(50-35-37-65-59(42-50)57-21-9-13-25-63(57)70-65)52-39-53(41-54(40-52)69-61-23-11-7-19-55(61)56-20-8-12-24-62(56)69)68(49-33-29-47(30-34-49)45-17-5-2-6-18-45)51-36-38-66-60(43-51)58-22-10-14-26-64(58)71-66/h1-43H. The first-order valence-electron chi connectivity index (χ1n) is 24.1. The van der Waals surface area contributed by atoms with Crippen LogP contribution in [0.5, 0.6) is 0 Å². The molecule has 0 spiro atoms. The first-order valence-corrected chi connectivity index (χ1v) is 24.1. The summed E-state index contributed by atoms with van der Waals surface area (Å²) in [6.07, 6.45) is 0. The van der Waals surface area contributed by atoms with Gasteiger partial charge in [-0.2, -0.15) is 0 Å². The van der Waals surface area contributed by atoms with E-state index in [9.17, 15) is 0 Å². The number of furan rings is 2.